The summed E-state index contributed by atoms with van der Waals surface area (Å²) in [5.41, 5.74) is 0. The van der Waals surface area contributed by atoms with Crippen LogP contribution >= 0.6 is 11.8 Å². The lowest BCUT2D eigenvalue weighted by Crippen LogP contribution is -2.34. The zero-order valence-electron chi connectivity index (χ0n) is 9.30. The summed E-state index contributed by atoms with van der Waals surface area (Å²) in [5.74, 6) is 1.09. The fourth-order valence-corrected chi connectivity index (χ4v) is 3.14. The standard InChI is InChI=1S/C12H23NS/c1-14-12-6-4-11(5-7-12)13-9-8-10-2-3-10/h10-13H,2-9H2,1H3. The molecule has 0 radical (unpaired) electrons. The van der Waals surface area contributed by atoms with E-state index < -0.39 is 0 Å². The van der Waals surface area contributed by atoms with Gasteiger partial charge in [0.1, 0.15) is 0 Å². The number of nitrogens with one attached hydrogen (secondary N) is 1. The lowest BCUT2D eigenvalue weighted by molar-refractivity contribution is 0.375. The van der Waals surface area contributed by atoms with Gasteiger partial charge in [0, 0.05) is 11.3 Å². The smallest absolute Gasteiger partial charge is 0.00678 e. The number of rotatable bonds is 5. The Morgan fingerprint density at radius 3 is 2.36 bits per heavy atom. The molecule has 0 spiro atoms. The van der Waals surface area contributed by atoms with Crippen LogP contribution in [-0.2, 0) is 0 Å². The monoisotopic (exact) mass is 213 g/mol. The minimum atomic E-state index is 0.845. The molecule has 0 aromatic carbocycles. The summed E-state index contributed by atoms with van der Waals surface area (Å²) in [6, 6.07) is 0.845. The van der Waals surface area contributed by atoms with Crippen molar-refractivity contribution in [3.8, 4) is 0 Å². The molecule has 2 saturated carbocycles. The quantitative estimate of drug-likeness (QED) is 0.753. The van der Waals surface area contributed by atoms with Crippen molar-refractivity contribution in [1.82, 2.24) is 5.32 Å². The first-order valence-electron chi connectivity index (χ1n) is 6.14. The molecule has 0 aromatic rings. The van der Waals surface area contributed by atoms with Crippen molar-refractivity contribution in [2.45, 2.75) is 56.2 Å². The van der Waals surface area contributed by atoms with E-state index in [1.807, 2.05) is 0 Å². The van der Waals surface area contributed by atoms with Crippen LogP contribution in [0, 0.1) is 5.92 Å². The first kappa shape index (κ1) is 10.8. The Kier molecular flexibility index (Phi) is 4.18. The Morgan fingerprint density at radius 2 is 1.79 bits per heavy atom. The first-order valence-corrected chi connectivity index (χ1v) is 7.43. The van der Waals surface area contributed by atoms with Crippen LogP contribution in [0.15, 0.2) is 0 Å². The average Bonchev–Trinajstić information content (AvgIpc) is 3.03. The lowest BCUT2D eigenvalue weighted by atomic mass is 9.95. The van der Waals surface area contributed by atoms with Gasteiger partial charge < -0.3 is 5.32 Å². The van der Waals surface area contributed by atoms with Gasteiger partial charge in [-0.15, -0.1) is 0 Å². The maximum absolute atomic E-state index is 3.73. The molecule has 0 saturated heterocycles. The van der Waals surface area contributed by atoms with Crippen molar-refractivity contribution >= 4 is 11.8 Å². The highest BCUT2D eigenvalue weighted by molar-refractivity contribution is 7.99. The molecule has 2 rings (SSSR count). The molecule has 14 heavy (non-hydrogen) atoms. The van der Waals surface area contributed by atoms with Crippen molar-refractivity contribution in [3.63, 3.8) is 0 Å². The summed E-state index contributed by atoms with van der Waals surface area (Å²) in [6.45, 7) is 1.28. The van der Waals surface area contributed by atoms with E-state index in [2.05, 4.69) is 23.3 Å². The number of hydrogen-bond donors (Lipinski definition) is 1. The minimum absolute atomic E-state index is 0.845. The van der Waals surface area contributed by atoms with E-state index in [1.165, 1.54) is 51.5 Å². The molecule has 1 nitrogen and oxygen atoms in total. The van der Waals surface area contributed by atoms with Crippen molar-refractivity contribution in [2.24, 2.45) is 5.92 Å². The summed E-state index contributed by atoms with van der Waals surface area (Å²) in [5, 5.41) is 4.68. The van der Waals surface area contributed by atoms with E-state index in [0.29, 0.717) is 0 Å². The molecule has 0 heterocycles. The zero-order chi connectivity index (χ0) is 9.80. The van der Waals surface area contributed by atoms with Crippen molar-refractivity contribution in [1.29, 1.82) is 0 Å². The summed E-state index contributed by atoms with van der Waals surface area (Å²) < 4.78 is 0. The fraction of sp³-hybridized carbons (Fsp3) is 1.00. The zero-order valence-corrected chi connectivity index (χ0v) is 10.1. The third kappa shape index (κ3) is 3.47. The molecule has 0 aliphatic heterocycles. The first-order chi connectivity index (χ1) is 6.88. The Morgan fingerprint density at radius 1 is 1.07 bits per heavy atom. The Bertz CT molecular complexity index is 160. The molecular weight excluding hydrogens is 190 g/mol. The molecule has 0 amide bonds. The number of hydrogen-bond acceptors (Lipinski definition) is 2. The fourth-order valence-electron chi connectivity index (χ4n) is 2.40. The molecule has 2 aliphatic carbocycles. The van der Waals surface area contributed by atoms with E-state index in [4.69, 9.17) is 0 Å². The van der Waals surface area contributed by atoms with Crippen LogP contribution in [0.5, 0.6) is 0 Å². The molecule has 1 N–H and O–H groups in total. The molecular formula is C12H23NS. The second-order valence-electron chi connectivity index (χ2n) is 4.90. The Labute approximate surface area is 92.4 Å². The maximum atomic E-state index is 3.73. The molecule has 0 atom stereocenters. The molecule has 2 fully saturated rings. The highest BCUT2D eigenvalue weighted by Gasteiger charge is 2.22. The summed E-state index contributed by atoms with van der Waals surface area (Å²) in [6.07, 6.45) is 12.4. The van der Waals surface area contributed by atoms with Gasteiger partial charge in [-0.25, -0.2) is 0 Å². The van der Waals surface area contributed by atoms with Crippen molar-refractivity contribution in [2.75, 3.05) is 12.8 Å². The van der Waals surface area contributed by atoms with Crippen LogP contribution in [0.25, 0.3) is 0 Å². The van der Waals surface area contributed by atoms with Crippen LogP contribution < -0.4 is 5.32 Å². The third-order valence-corrected chi connectivity index (χ3v) is 4.83. The van der Waals surface area contributed by atoms with Crippen LogP contribution in [0.3, 0.4) is 0 Å². The second kappa shape index (κ2) is 5.41. The van der Waals surface area contributed by atoms with Gasteiger partial charge in [-0.3, -0.25) is 0 Å². The van der Waals surface area contributed by atoms with E-state index in [9.17, 15) is 0 Å². The molecule has 0 bridgehead atoms. The summed E-state index contributed by atoms with van der Waals surface area (Å²) in [7, 11) is 0. The molecule has 82 valence electrons. The van der Waals surface area contributed by atoms with Crippen molar-refractivity contribution < 1.29 is 0 Å². The maximum Gasteiger partial charge on any atom is 0.00678 e. The topological polar surface area (TPSA) is 12.0 Å². The molecule has 0 aromatic heterocycles. The van der Waals surface area contributed by atoms with Crippen molar-refractivity contribution in [3.05, 3.63) is 0 Å². The van der Waals surface area contributed by atoms with Crippen LogP contribution in [-0.4, -0.2) is 24.1 Å². The van der Waals surface area contributed by atoms with Gasteiger partial charge in [0.15, 0.2) is 0 Å². The van der Waals surface area contributed by atoms with E-state index in [1.54, 1.807) is 0 Å². The molecule has 0 unspecified atom stereocenters. The normalized spacial score (nSPS) is 33.2. The van der Waals surface area contributed by atoms with Crippen LogP contribution in [0.2, 0.25) is 0 Å². The summed E-state index contributed by atoms with van der Waals surface area (Å²) >= 11 is 2.06. The predicted molar refractivity (Wildman–Crippen MR) is 64.9 cm³/mol. The van der Waals surface area contributed by atoms with Crippen LogP contribution in [0.1, 0.15) is 44.9 Å². The highest BCUT2D eigenvalue weighted by atomic mass is 32.2. The molecule has 2 aliphatic rings. The van der Waals surface area contributed by atoms with Gasteiger partial charge >= 0.3 is 0 Å². The second-order valence-corrected chi connectivity index (χ2v) is 6.03. The van der Waals surface area contributed by atoms with Gasteiger partial charge in [-0.2, -0.15) is 11.8 Å². The SMILES string of the molecule is CSC1CCC(NCCC2CC2)CC1. The molecule has 2 heteroatoms. The van der Waals surface area contributed by atoms with Gasteiger partial charge in [-0.05, 0) is 50.8 Å². The number of thioether (sulfide) groups is 1. The van der Waals surface area contributed by atoms with Gasteiger partial charge in [0.2, 0.25) is 0 Å². The van der Waals surface area contributed by atoms with Gasteiger partial charge in [-0.1, -0.05) is 12.8 Å². The lowest BCUT2D eigenvalue weighted by Gasteiger charge is -2.28. The highest BCUT2D eigenvalue weighted by Crippen LogP contribution is 2.32. The van der Waals surface area contributed by atoms with Gasteiger partial charge in [0.05, 0.1) is 0 Å². The minimum Gasteiger partial charge on any atom is -0.314 e. The Hall–Kier alpha value is 0.310. The largest absolute Gasteiger partial charge is 0.314 e. The summed E-state index contributed by atoms with van der Waals surface area (Å²) in [4.78, 5) is 0. The Balaban J connectivity index is 1.53. The third-order valence-electron chi connectivity index (χ3n) is 3.69. The predicted octanol–water partition coefficient (Wildman–Crippen LogP) is 3.05. The van der Waals surface area contributed by atoms with Gasteiger partial charge in [0.25, 0.3) is 0 Å². The van der Waals surface area contributed by atoms with E-state index in [-0.39, 0.29) is 0 Å². The van der Waals surface area contributed by atoms with Crippen LogP contribution in [0.4, 0.5) is 0 Å². The average molecular weight is 213 g/mol. The van der Waals surface area contributed by atoms with E-state index >= 15 is 0 Å². The van der Waals surface area contributed by atoms with E-state index in [0.717, 1.165) is 17.2 Å².